The summed E-state index contributed by atoms with van der Waals surface area (Å²) < 4.78 is 55.7. The van der Waals surface area contributed by atoms with Crippen molar-refractivity contribution in [1.29, 1.82) is 5.41 Å². The summed E-state index contributed by atoms with van der Waals surface area (Å²) in [6.45, 7) is 3.31. The first-order valence-corrected chi connectivity index (χ1v) is 10.8. The number of anilines is 2. The van der Waals surface area contributed by atoms with Gasteiger partial charge in [0.15, 0.2) is 11.6 Å². The Labute approximate surface area is 208 Å². The zero-order valence-electron chi connectivity index (χ0n) is 19.1. The van der Waals surface area contributed by atoms with E-state index in [1.165, 1.54) is 29.4 Å². The first-order valence-electron chi connectivity index (χ1n) is 10.8. The van der Waals surface area contributed by atoms with Gasteiger partial charge in [-0.1, -0.05) is 12.1 Å². The Hall–Kier alpha value is -4.49. The number of likely N-dealkylation sites (tertiary alicyclic amines) is 1. The Morgan fingerprint density at radius 1 is 1.24 bits per heavy atom. The SMILES string of the molecule is C=CC1CC[C@@H](C(=O)Nc2cccc(OC(F)(F)F)c2F)N1C(=O)CNc1ccncc1C(=N)C(N)=O. The molecule has 5 N–H and O–H groups in total. The lowest BCUT2D eigenvalue weighted by Crippen LogP contribution is -2.48. The number of primary amides is 1. The lowest BCUT2D eigenvalue weighted by atomic mass is 10.1. The zero-order valence-corrected chi connectivity index (χ0v) is 19.1. The fourth-order valence-electron chi connectivity index (χ4n) is 3.86. The van der Waals surface area contributed by atoms with Gasteiger partial charge in [0.2, 0.25) is 11.8 Å². The second-order valence-electron chi connectivity index (χ2n) is 7.87. The number of ether oxygens (including phenoxy) is 1. The van der Waals surface area contributed by atoms with Crippen LogP contribution in [0.5, 0.6) is 5.75 Å². The van der Waals surface area contributed by atoms with Crippen molar-refractivity contribution in [3.63, 3.8) is 0 Å². The van der Waals surface area contributed by atoms with Crippen LogP contribution in [0.1, 0.15) is 18.4 Å². The van der Waals surface area contributed by atoms with Crippen LogP contribution in [0.25, 0.3) is 0 Å². The first kappa shape index (κ1) is 27.1. The van der Waals surface area contributed by atoms with Gasteiger partial charge in [0.25, 0.3) is 5.91 Å². The van der Waals surface area contributed by atoms with E-state index in [2.05, 4.69) is 26.9 Å². The van der Waals surface area contributed by atoms with Crippen LogP contribution in [0.15, 0.2) is 49.3 Å². The topological polar surface area (TPSA) is 150 Å². The molecule has 1 aromatic heterocycles. The van der Waals surface area contributed by atoms with Crippen molar-refractivity contribution in [3.8, 4) is 5.75 Å². The molecule has 2 heterocycles. The summed E-state index contributed by atoms with van der Waals surface area (Å²) in [6, 6.07) is 2.69. The highest BCUT2D eigenvalue weighted by molar-refractivity contribution is 6.44. The number of amides is 3. The fourth-order valence-corrected chi connectivity index (χ4v) is 3.86. The largest absolute Gasteiger partial charge is 0.573 e. The van der Waals surface area contributed by atoms with Crippen LogP contribution in [0.4, 0.5) is 28.9 Å². The Kier molecular flexibility index (Phi) is 8.10. The molecule has 2 aromatic rings. The quantitative estimate of drug-likeness (QED) is 0.226. The third-order valence-electron chi connectivity index (χ3n) is 5.51. The molecule has 1 aliphatic rings. The molecule has 196 valence electrons. The molecular weight excluding hydrogens is 500 g/mol. The van der Waals surface area contributed by atoms with E-state index in [0.29, 0.717) is 6.42 Å². The van der Waals surface area contributed by atoms with Gasteiger partial charge < -0.3 is 26.0 Å². The van der Waals surface area contributed by atoms with Crippen LogP contribution in [0.3, 0.4) is 0 Å². The summed E-state index contributed by atoms with van der Waals surface area (Å²) in [5, 5.41) is 12.8. The van der Waals surface area contributed by atoms with Crippen LogP contribution in [0, 0.1) is 11.2 Å². The van der Waals surface area contributed by atoms with E-state index in [9.17, 15) is 31.9 Å². The summed E-state index contributed by atoms with van der Waals surface area (Å²) in [5.41, 5.74) is 4.37. The molecule has 0 saturated carbocycles. The van der Waals surface area contributed by atoms with Gasteiger partial charge in [-0.3, -0.25) is 24.8 Å². The van der Waals surface area contributed by atoms with E-state index in [1.807, 2.05) is 0 Å². The predicted octanol–water partition coefficient (Wildman–Crippen LogP) is 2.57. The maximum atomic E-state index is 14.5. The van der Waals surface area contributed by atoms with Gasteiger partial charge in [-0.25, -0.2) is 4.39 Å². The van der Waals surface area contributed by atoms with Crippen molar-refractivity contribution >= 4 is 34.8 Å². The summed E-state index contributed by atoms with van der Waals surface area (Å²) in [7, 11) is 0. The molecule has 0 bridgehead atoms. The molecule has 1 saturated heterocycles. The van der Waals surface area contributed by atoms with E-state index in [4.69, 9.17) is 11.1 Å². The minimum absolute atomic E-state index is 0.0650. The fraction of sp³-hybridized carbons (Fsp3) is 0.261. The third-order valence-corrected chi connectivity index (χ3v) is 5.51. The lowest BCUT2D eigenvalue weighted by Gasteiger charge is -2.28. The lowest BCUT2D eigenvalue weighted by molar-refractivity contribution is -0.275. The van der Waals surface area contributed by atoms with E-state index in [-0.39, 0.29) is 24.2 Å². The van der Waals surface area contributed by atoms with Crippen LogP contribution < -0.4 is 21.1 Å². The molecule has 0 radical (unpaired) electrons. The molecule has 0 aliphatic carbocycles. The maximum Gasteiger partial charge on any atom is 0.573 e. The molecule has 37 heavy (non-hydrogen) atoms. The van der Waals surface area contributed by atoms with Crippen LogP contribution >= 0.6 is 0 Å². The predicted molar refractivity (Wildman–Crippen MR) is 124 cm³/mol. The smallest absolute Gasteiger partial charge is 0.403 e. The molecular formula is C23H22F4N6O4. The summed E-state index contributed by atoms with van der Waals surface area (Å²) >= 11 is 0. The average Bonchev–Trinajstić information content (AvgIpc) is 3.28. The minimum atomic E-state index is -5.13. The summed E-state index contributed by atoms with van der Waals surface area (Å²) in [6.07, 6.45) is -0.531. The van der Waals surface area contributed by atoms with Crippen molar-refractivity contribution in [1.82, 2.24) is 9.88 Å². The van der Waals surface area contributed by atoms with Crippen molar-refractivity contribution in [3.05, 3.63) is 60.7 Å². The van der Waals surface area contributed by atoms with Gasteiger partial charge in [0.1, 0.15) is 11.8 Å². The average molecular weight is 522 g/mol. The van der Waals surface area contributed by atoms with Crippen molar-refractivity contribution in [2.75, 3.05) is 17.2 Å². The normalized spacial score (nSPS) is 17.1. The van der Waals surface area contributed by atoms with Crippen molar-refractivity contribution in [2.24, 2.45) is 5.73 Å². The van der Waals surface area contributed by atoms with Gasteiger partial charge >= 0.3 is 6.36 Å². The number of rotatable bonds is 9. The third kappa shape index (κ3) is 6.39. The summed E-state index contributed by atoms with van der Waals surface area (Å²) in [4.78, 5) is 42.5. The van der Waals surface area contributed by atoms with Crippen LogP contribution in [-0.4, -0.2) is 58.3 Å². The highest BCUT2D eigenvalue weighted by Gasteiger charge is 2.40. The Morgan fingerprint density at radius 3 is 2.62 bits per heavy atom. The molecule has 1 aromatic carbocycles. The van der Waals surface area contributed by atoms with Gasteiger partial charge in [-0.15, -0.1) is 19.8 Å². The van der Waals surface area contributed by atoms with Crippen LogP contribution in [0.2, 0.25) is 0 Å². The number of pyridine rings is 1. The molecule has 3 rings (SSSR count). The molecule has 3 amide bonds. The zero-order chi connectivity index (χ0) is 27.3. The van der Waals surface area contributed by atoms with Crippen LogP contribution in [-0.2, 0) is 14.4 Å². The molecule has 14 heteroatoms. The van der Waals surface area contributed by atoms with Crippen molar-refractivity contribution in [2.45, 2.75) is 31.3 Å². The van der Waals surface area contributed by atoms with Crippen molar-refractivity contribution < 1.29 is 36.7 Å². The Morgan fingerprint density at radius 2 is 1.97 bits per heavy atom. The number of nitrogens with two attached hydrogens (primary N) is 1. The standard InChI is InChI=1S/C23H22F4N6O4/c1-2-12-6-7-16(22(36)32-15-4-3-5-17(19(15)24)37-23(25,26)27)33(12)18(34)11-31-14-8-9-30-10-13(14)20(28)21(29)35/h2-5,8-10,12,16,28H,1,6-7,11H2,(H2,29,35)(H,30,31)(H,32,36)/t12?,16-/m0/s1. The second kappa shape index (κ2) is 11.1. The van der Waals surface area contributed by atoms with E-state index in [0.717, 1.165) is 18.2 Å². The number of carbonyl (C=O) groups excluding carboxylic acids is 3. The number of nitrogens with zero attached hydrogens (tertiary/aromatic N) is 2. The van der Waals surface area contributed by atoms with E-state index >= 15 is 0 Å². The first-order chi connectivity index (χ1) is 17.4. The molecule has 0 spiro atoms. The number of aromatic nitrogens is 1. The molecule has 1 fully saturated rings. The number of carbonyl (C=O) groups is 3. The molecule has 1 aliphatic heterocycles. The number of nitrogens with one attached hydrogen (secondary N) is 3. The summed E-state index contributed by atoms with van der Waals surface area (Å²) in [5.74, 6) is -4.92. The molecule has 10 nitrogen and oxygen atoms in total. The monoisotopic (exact) mass is 522 g/mol. The van der Waals surface area contributed by atoms with Gasteiger partial charge in [-0.05, 0) is 31.0 Å². The minimum Gasteiger partial charge on any atom is -0.403 e. The van der Waals surface area contributed by atoms with E-state index in [1.54, 1.807) is 0 Å². The highest BCUT2D eigenvalue weighted by Crippen LogP contribution is 2.31. The Balaban J connectivity index is 1.76. The number of benzene rings is 1. The molecule has 1 unspecified atom stereocenters. The second-order valence-corrected chi connectivity index (χ2v) is 7.87. The number of alkyl halides is 3. The van der Waals surface area contributed by atoms with Gasteiger partial charge in [0.05, 0.1) is 18.3 Å². The van der Waals surface area contributed by atoms with Gasteiger partial charge in [0, 0.05) is 23.6 Å². The van der Waals surface area contributed by atoms with Gasteiger partial charge in [-0.2, -0.15) is 0 Å². The number of halogens is 4. The number of hydrogen-bond acceptors (Lipinski definition) is 7. The highest BCUT2D eigenvalue weighted by atomic mass is 19.4. The van der Waals surface area contributed by atoms with E-state index < -0.39 is 59.1 Å². The number of hydrogen-bond donors (Lipinski definition) is 4. The molecule has 2 atom stereocenters. The Bertz CT molecular complexity index is 1240. The maximum absolute atomic E-state index is 14.5.